The highest BCUT2D eigenvalue weighted by atomic mass is 32.2. The Hall–Kier alpha value is -1.44. The average Bonchev–Trinajstić information content (AvgIpc) is 2.54. The maximum atomic E-state index is 13.1. The van der Waals surface area contributed by atoms with Gasteiger partial charge in [0.05, 0.1) is 4.90 Å². The smallest absolute Gasteiger partial charge is 0.265 e. The Kier molecular flexibility index (Phi) is 5.13. The predicted molar refractivity (Wildman–Crippen MR) is 87.0 cm³/mol. The first-order valence-corrected chi connectivity index (χ1v) is 9.23. The number of likely N-dealkylation sites (tertiary alicyclic amines) is 1. The molecule has 0 atom stereocenters. The zero-order valence-electron chi connectivity index (χ0n) is 13.7. The number of benzene rings is 1. The number of carbonyl (C=O) groups excluding carboxylic acids is 1. The van der Waals surface area contributed by atoms with Gasteiger partial charge < -0.3 is 4.90 Å². The van der Waals surface area contributed by atoms with Crippen LogP contribution in [-0.2, 0) is 14.6 Å². The van der Waals surface area contributed by atoms with E-state index in [1.165, 1.54) is 12.1 Å². The molecule has 0 bridgehead atoms. The number of rotatable bonds is 4. The summed E-state index contributed by atoms with van der Waals surface area (Å²) in [4.78, 5) is 14.5. The van der Waals surface area contributed by atoms with E-state index in [4.69, 9.17) is 5.21 Å². The fourth-order valence-electron chi connectivity index (χ4n) is 3.06. The topological polar surface area (TPSA) is 86.7 Å². The molecule has 2 rings (SSSR count). The van der Waals surface area contributed by atoms with E-state index in [9.17, 15) is 13.2 Å². The van der Waals surface area contributed by atoms with Crippen molar-refractivity contribution in [2.75, 3.05) is 13.1 Å². The highest BCUT2D eigenvalue weighted by Crippen LogP contribution is 2.36. The molecule has 1 heterocycles. The summed E-state index contributed by atoms with van der Waals surface area (Å²) >= 11 is 0. The summed E-state index contributed by atoms with van der Waals surface area (Å²) in [5.41, 5.74) is 2.51. The number of carbonyl (C=O) groups is 1. The Labute approximate surface area is 137 Å². The van der Waals surface area contributed by atoms with Crippen LogP contribution in [0.15, 0.2) is 29.2 Å². The second kappa shape index (κ2) is 6.59. The number of piperidine rings is 1. The molecule has 0 unspecified atom stereocenters. The second-order valence-corrected chi connectivity index (χ2v) is 8.64. The first-order chi connectivity index (χ1) is 10.7. The van der Waals surface area contributed by atoms with Gasteiger partial charge in [-0.05, 0) is 45.7 Å². The van der Waals surface area contributed by atoms with Gasteiger partial charge >= 0.3 is 0 Å². The van der Waals surface area contributed by atoms with Crippen molar-refractivity contribution in [3.8, 4) is 0 Å². The molecule has 1 aliphatic heterocycles. The lowest BCUT2D eigenvalue weighted by Crippen LogP contribution is -2.58. The molecule has 23 heavy (non-hydrogen) atoms. The minimum atomic E-state index is -3.90. The maximum absolute atomic E-state index is 13.1. The summed E-state index contributed by atoms with van der Waals surface area (Å²) in [6.45, 7) is 6.93. The van der Waals surface area contributed by atoms with Crippen molar-refractivity contribution in [1.82, 2.24) is 10.4 Å². The van der Waals surface area contributed by atoms with Crippen LogP contribution >= 0.6 is 0 Å². The molecule has 1 amide bonds. The van der Waals surface area contributed by atoms with Crippen LogP contribution in [0.1, 0.15) is 32.3 Å². The molecule has 0 spiro atoms. The highest BCUT2D eigenvalue weighted by Gasteiger charge is 2.53. The Morgan fingerprint density at radius 1 is 1.22 bits per heavy atom. The van der Waals surface area contributed by atoms with Crippen LogP contribution in [0.3, 0.4) is 0 Å². The third-order valence-electron chi connectivity index (χ3n) is 4.70. The molecule has 1 aromatic carbocycles. The minimum Gasteiger partial charge on any atom is -0.301 e. The van der Waals surface area contributed by atoms with Gasteiger partial charge in [-0.15, -0.1) is 0 Å². The van der Waals surface area contributed by atoms with Crippen LogP contribution in [-0.4, -0.2) is 48.3 Å². The SMILES string of the molecule is Cc1ccc(S(=O)(=O)C2(C(=O)NO)CCN(C(C)C)CC2)cc1. The Bertz CT molecular complexity index is 660. The predicted octanol–water partition coefficient (Wildman–Crippen LogP) is 1.52. The van der Waals surface area contributed by atoms with E-state index < -0.39 is 20.5 Å². The molecule has 7 heteroatoms. The van der Waals surface area contributed by atoms with Crippen molar-refractivity contribution in [3.05, 3.63) is 29.8 Å². The van der Waals surface area contributed by atoms with Crippen LogP contribution < -0.4 is 5.48 Å². The van der Waals surface area contributed by atoms with Gasteiger partial charge in [0.15, 0.2) is 14.6 Å². The number of aryl methyl sites for hydroxylation is 1. The van der Waals surface area contributed by atoms with Gasteiger partial charge in [0.2, 0.25) is 0 Å². The van der Waals surface area contributed by atoms with Gasteiger partial charge in [-0.3, -0.25) is 10.0 Å². The van der Waals surface area contributed by atoms with E-state index >= 15 is 0 Å². The zero-order valence-corrected chi connectivity index (χ0v) is 14.6. The van der Waals surface area contributed by atoms with Gasteiger partial charge in [0, 0.05) is 19.1 Å². The van der Waals surface area contributed by atoms with Crippen LogP contribution in [0, 0.1) is 6.92 Å². The van der Waals surface area contributed by atoms with E-state index in [0.29, 0.717) is 13.1 Å². The Balaban J connectivity index is 2.43. The van der Waals surface area contributed by atoms with Gasteiger partial charge in [0.25, 0.3) is 5.91 Å². The molecule has 0 aliphatic carbocycles. The highest BCUT2D eigenvalue weighted by molar-refractivity contribution is 7.93. The number of sulfone groups is 1. The number of hydrogen-bond acceptors (Lipinski definition) is 5. The van der Waals surface area contributed by atoms with E-state index in [1.54, 1.807) is 17.6 Å². The summed E-state index contributed by atoms with van der Waals surface area (Å²) in [5.74, 6) is -0.846. The second-order valence-electron chi connectivity index (χ2n) is 6.38. The maximum Gasteiger partial charge on any atom is 0.265 e. The molecular weight excluding hydrogens is 316 g/mol. The average molecular weight is 340 g/mol. The number of hydroxylamine groups is 1. The number of hydrogen-bond donors (Lipinski definition) is 2. The molecule has 128 valence electrons. The molecule has 0 saturated carbocycles. The quantitative estimate of drug-likeness (QED) is 0.641. The monoisotopic (exact) mass is 340 g/mol. The lowest BCUT2D eigenvalue weighted by atomic mass is 9.94. The lowest BCUT2D eigenvalue weighted by Gasteiger charge is -2.40. The van der Waals surface area contributed by atoms with Crippen LogP contribution in [0.25, 0.3) is 0 Å². The lowest BCUT2D eigenvalue weighted by molar-refractivity contribution is -0.133. The molecule has 0 radical (unpaired) electrons. The minimum absolute atomic E-state index is 0.115. The van der Waals surface area contributed by atoms with E-state index in [0.717, 1.165) is 5.56 Å². The molecule has 1 saturated heterocycles. The summed E-state index contributed by atoms with van der Waals surface area (Å²) in [6, 6.07) is 6.74. The van der Waals surface area contributed by atoms with Crippen LogP contribution in [0.5, 0.6) is 0 Å². The van der Waals surface area contributed by atoms with Gasteiger partial charge in [-0.25, -0.2) is 13.9 Å². The molecule has 0 aromatic heterocycles. The first-order valence-electron chi connectivity index (χ1n) is 7.74. The van der Waals surface area contributed by atoms with Crippen molar-refractivity contribution in [2.45, 2.75) is 49.3 Å². The Morgan fingerprint density at radius 3 is 2.17 bits per heavy atom. The third-order valence-corrected chi connectivity index (χ3v) is 7.21. The third kappa shape index (κ3) is 3.13. The fourth-order valence-corrected chi connectivity index (χ4v) is 5.02. The summed E-state index contributed by atoms with van der Waals surface area (Å²) < 4.78 is 24.6. The summed E-state index contributed by atoms with van der Waals surface area (Å²) in [7, 11) is -3.90. The van der Waals surface area contributed by atoms with Gasteiger partial charge in [0.1, 0.15) is 0 Å². The molecule has 1 aliphatic rings. The fraction of sp³-hybridized carbons (Fsp3) is 0.562. The van der Waals surface area contributed by atoms with E-state index in [-0.39, 0.29) is 23.8 Å². The normalized spacial score (nSPS) is 18.8. The van der Waals surface area contributed by atoms with E-state index in [2.05, 4.69) is 4.90 Å². The molecule has 2 N–H and O–H groups in total. The molecule has 1 aromatic rings. The van der Waals surface area contributed by atoms with Crippen LogP contribution in [0.2, 0.25) is 0 Å². The zero-order chi connectivity index (χ0) is 17.3. The largest absolute Gasteiger partial charge is 0.301 e. The Morgan fingerprint density at radius 2 is 1.74 bits per heavy atom. The van der Waals surface area contributed by atoms with Crippen molar-refractivity contribution in [1.29, 1.82) is 0 Å². The van der Waals surface area contributed by atoms with Crippen LogP contribution in [0.4, 0.5) is 0 Å². The number of nitrogens with zero attached hydrogens (tertiary/aromatic N) is 1. The summed E-state index contributed by atoms with van der Waals surface area (Å²) in [5, 5.41) is 9.10. The van der Waals surface area contributed by atoms with Gasteiger partial charge in [-0.1, -0.05) is 17.7 Å². The van der Waals surface area contributed by atoms with E-state index in [1.807, 2.05) is 20.8 Å². The summed E-state index contributed by atoms with van der Waals surface area (Å²) in [6.07, 6.45) is 0.321. The standard InChI is InChI=1S/C16H24N2O4S/c1-12(2)18-10-8-16(9-11-18,15(19)17-20)23(21,22)14-6-4-13(3)5-7-14/h4-7,12,20H,8-11H2,1-3H3,(H,17,19). The molecule has 6 nitrogen and oxygen atoms in total. The van der Waals surface area contributed by atoms with Gasteiger partial charge in [-0.2, -0.15) is 0 Å². The first kappa shape index (κ1) is 17.9. The molecule has 1 fully saturated rings. The van der Waals surface area contributed by atoms with Crippen molar-refractivity contribution >= 4 is 15.7 Å². The number of amides is 1. The number of nitrogens with one attached hydrogen (secondary N) is 1. The van der Waals surface area contributed by atoms with Crippen molar-refractivity contribution < 1.29 is 18.4 Å². The van der Waals surface area contributed by atoms with Crippen molar-refractivity contribution in [3.63, 3.8) is 0 Å². The molecular formula is C16H24N2O4S. The van der Waals surface area contributed by atoms with Crippen molar-refractivity contribution in [2.24, 2.45) is 0 Å².